The number of carbonyl (C=O) groups is 1. The van der Waals surface area contributed by atoms with Crippen LogP contribution in [-0.2, 0) is 0 Å². The second kappa shape index (κ2) is 6.90. The Bertz CT molecular complexity index is 1330. The highest BCUT2D eigenvalue weighted by molar-refractivity contribution is 6.00. The van der Waals surface area contributed by atoms with Crippen LogP contribution in [0.3, 0.4) is 0 Å². The molecule has 0 atom stereocenters. The third-order valence-corrected chi connectivity index (χ3v) is 6.42. The Hall–Kier alpha value is -3.28. The van der Waals surface area contributed by atoms with E-state index >= 15 is 0 Å². The number of imidazole rings is 1. The van der Waals surface area contributed by atoms with Crippen molar-refractivity contribution in [3.05, 3.63) is 69.3 Å². The summed E-state index contributed by atoms with van der Waals surface area (Å²) in [6.45, 7) is 7.21. The highest BCUT2D eigenvalue weighted by Gasteiger charge is 2.30. The topological polar surface area (TPSA) is 71.2 Å². The van der Waals surface area contributed by atoms with Crippen LogP contribution in [0.4, 0.5) is 0 Å². The summed E-state index contributed by atoms with van der Waals surface area (Å²) in [6, 6.07) is 11.9. The molecule has 1 aliphatic heterocycles. The van der Waals surface area contributed by atoms with Crippen molar-refractivity contribution in [1.29, 1.82) is 0 Å². The maximum atomic E-state index is 13.2. The molecule has 4 aromatic rings. The Labute approximate surface area is 174 Å². The predicted octanol–water partition coefficient (Wildman–Crippen LogP) is 4.48. The molecule has 1 aliphatic rings. The van der Waals surface area contributed by atoms with Crippen LogP contribution in [0.25, 0.3) is 22.0 Å². The maximum absolute atomic E-state index is 13.2. The Morgan fingerprint density at radius 2 is 1.73 bits per heavy atom. The molecule has 1 amide bonds. The minimum atomic E-state index is -0.0833. The van der Waals surface area contributed by atoms with Gasteiger partial charge in [-0.1, -0.05) is 24.3 Å². The van der Waals surface area contributed by atoms with E-state index in [0.29, 0.717) is 18.8 Å². The number of hydrogen-bond donors (Lipinski definition) is 1. The zero-order valence-electron chi connectivity index (χ0n) is 17.5. The summed E-state index contributed by atoms with van der Waals surface area (Å²) in [6.07, 6.45) is 1.48. The predicted molar refractivity (Wildman–Crippen MR) is 117 cm³/mol. The summed E-state index contributed by atoms with van der Waals surface area (Å²) in [4.78, 5) is 30.5. The lowest BCUT2D eigenvalue weighted by Crippen LogP contribution is -2.40. The molecule has 2 aromatic carbocycles. The third-order valence-electron chi connectivity index (χ3n) is 6.42. The summed E-state index contributed by atoms with van der Waals surface area (Å²) in [5, 5.41) is 1.04. The highest BCUT2D eigenvalue weighted by Crippen LogP contribution is 2.32. The van der Waals surface area contributed by atoms with Gasteiger partial charge >= 0.3 is 5.69 Å². The number of piperidine rings is 1. The van der Waals surface area contributed by atoms with Gasteiger partial charge in [-0.25, -0.2) is 4.79 Å². The molecule has 1 fully saturated rings. The fourth-order valence-corrected chi connectivity index (χ4v) is 4.79. The molecule has 154 valence electrons. The first-order valence-corrected chi connectivity index (χ1v) is 10.4. The van der Waals surface area contributed by atoms with Crippen LogP contribution in [0, 0.1) is 20.8 Å². The molecule has 5 rings (SSSR count). The Morgan fingerprint density at radius 3 is 2.47 bits per heavy atom. The molecule has 1 N–H and O–H groups in total. The number of para-hydroxylation sites is 2. The number of fused-ring (bicyclic) bond motifs is 2. The average molecular weight is 403 g/mol. The highest BCUT2D eigenvalue weighted by atomic mass is 16.3. The fourth-order valence-electron chi connectivity index (χ4n) is 4.79. The Kier molecular flexibility index (Phi) is 4.31. The number of nitrogens with one attached hydrogen (secondary N) is 1. The van der Waals surface area contributed by atoms with Gasteiger partial charge in [0.25, 0.3) is 5.91 Å². The Morgan fingerprint density at radius 1 is 1.03 bits per heavy atom. The summed E-state index contributed by atoms with van der Waals surface area (Å²) in [5.74, 6) is 0.373. The molecule has 3 heterocycles. The van der Waals surface area contributed by atoms with E-state index in [1.807, 2.05) is 60.6 Å². The van der Waals surface area contributed by atoms with Crippen LogP contribution in [-0.4, -0.2) is 33.4 Å². The summed E-state index contributed by atoms with van der Waals surface area (Å²) in [5.41, 5.74) is 5.56. The molecule has 1 saturated heterocycles. The molecule has 2 aromatic heterocycles. The minimum Gasteiger partial charge on any atom is -0.450 e. The second-order valence-electron chi connectivity index (χ2n) is 8.30. The van der Waals surface area contributed by atoms with Crippen molar-refractivity contribution in [2.24, 2.45) is 0 Å². The lowest BCUT2D eigenvalue weighted by atomic mass is 10.0. The molecule has 6 heteroatoms. The van der Waals surface area contributed by atoms with Crippen molar-refractivity contribution in [2.45, 2.75) is 39.7 Å². The zero-order chi connectivity index (χ0) is 21.0. The molecule has 0 saturated carbocycles. The van der Waals surface area contributed by atoms with Crippen molar-refractivity contribution in [3.8, 4) is 0 Å². The number of benzene rings is 2. The molecule has 0 aliphatic carbocycles. The van der Waals surface area contributed by atoms with Crippen molar-refractivity contribution in [3.63, 3.8) is 0 Å². The van der Waals surface area contributed by atoms with Gasteiger partial charge < -0.3 is 14.3 Å². The number of aryl methyl sites for hydroxylation is 3. The van der Waals surface area contributed by atoms with E-state index in [1.165, 1.54) is 0 Å². The molecule has 0 unspecified atom stereocenters. The minimum absolute atomic E-state index is 0.0628. The van der Waals surface area contributed by atoms with Crippen LogP contribution < -0.4 is 5.69 Å². The first-order chi connectivity index (χ1) is 14.5. The van der Waals surface area contributed by atoms with Gasteiger partial charge in [0.1, 0.15) is 5.58 Å². The third kappa shape index (κ3) is 2.78. The van der Waals surface area contributed by atoms with Gasteiger partial charge in [-0.2, -0.15) is 0 Å². The van der Waals surface area contributed by atoms with E-state index < -0.39 is 0 Å². The Balaban J connectivity index is 1.40. The van der Waals surface area contributed by atoms with Crippen molar-refractivity contribution >= 4 is 27.9 Å². The maximum Gasteiger partial charge on any atom is 0.326 e. The number of nitrogens with zero attached hydrogens (tertiary/aromatic N) is 2. The quantitative estimate of drug-likeness (QED) is 0.536. The number of rotatable bonds is 2. The number of carbonyl (C=O) groups excluding carboxylic acids is 1. The molecular weight excluding hydrogens is 378 g/mol. The van der Waals surface area contributed by atoms with Crippen LogP contribution in [0.15, 0.2) is 45.6 Å². The second-order valence-corrected chi connectivity index (χ2v) is 8.30. The molecule has 0 spiro atoms. The average Bonchev–Trinajstić information content (AvgIpc) is 3.27. The molecule has 0 radical (unpaired) electrons. The number of hydrogen-bond acceptors (Lipinski definition) is 3. The number of H-pyrrole nitrogens is 1. The first kappa shape index (κ1) is 18.7. The van der Waals surface area contributed by atoms with Crippen molar-refractivity contribution in [1.82, 2.24) is 14.5 Å². The van der Waals surface area contributed by atoms with Crippen molar-refractivity contribution in [2.75, 3.05) is 13.1 Å². The van der Waals surface area contributed by atoms with Gasteiger partial charge in [-0.05, 0) is 56.9 Å². The van der Waals surface area contributed by atoms with E-state index in [2.05, 4.69) is 11.1 Å². The van der Waals surface area contributed by atoms with E-state index in [4.69, 9.17) is 4.42 Å². The van der Waals surface area contributed by atoms with E-state index in [9.17, 15) is 9.59 Å². The summed E-state index contributed by atoms with van der Waals surface area (Å²) < 4.78 is 7.89. The zero-order valence-corrected chi connectivity index (χ0v) is 17.5. The van der Waals surface area contributed by atoms with Gasteiger partial charge in [-0.15, -0.1) is 0 Å². The normalized spacial score (nSPS) is 15.4. The van der Waals surface area contributed by atoms with Crippen LogP contribution in [0.2, 0.25) is 0 Å². The van der Waals surface area contributed by atoms with Gasteiger partial charge in [0.2, 0.25) is 0 Å². The lowest BCUT2D eigenvalue weighted by molar-refractivity contribution is 0.0664. The van der Waals surface area contributed by atoms with Crippen molar-refractivity contribution < 1.29 is 9.21 Å². The molecule has 0 bridgehead atoms. The molecule has 30 heavy (non-hydrogen) atoms. The first-order valence-electron chi connectivity index (χ1n) is 10.4. The summed E-state index contributed by atoms with van der Waals surface area (Å²) in [7, 11) is 0. The van der Waals surface area contributed by atoms with E-state index in [0.717, 1.165) is 51.5 Å². The smallest absolute Gasteiger partial charge is 0.326 e. The summed E-state index contributed by atoms with van der Waals surface area (Å²) >= 11 is 0. The number of likely N-dealkylation sites (tertiary alicyclic amines) is 1. The van der Waals surface area contributed by atoms with Crippen LogP contribution in [0.5, 0.6) is 0 Å². The largest absolute Gasteiger partial charge is 0.450 e. The van der Waals surface area contributed by atoms with Gasteiger partial charge in [0, 0.05) is 30.1 Å². The lowest BCUT2D eigenvalue weighted by Gasteiger charge is -2.32. The SMILES string of the molecule is Cc1ccc(C)c2c(C)c(C(=O)N3CCC(n4c(=O)[nH]c5ccccc54)CC3)oc12. The van der Waals surface area contributed by atoms with E-state index in [-0.39, 0.29) is 17.6 Å². The standard InChI is InChI=1S/C24H25N3O3/c1-14-8-9-15(2)21-20(14)16(3)22(30-21)23(28)26-12-10-17(11-13-26)27-19-7-5-4-6-18(19)25-24(27)29/h4-9,17H,10-13H2,1-3H3,(H,25,29). The molecular formula is C24H25N3O3. The number of amides is 1. The van der Waals surface area contributed by atoms with Gasteiger partial charge in [0.05, 0.1) is 11.0 Å². The van der Waals surface area contributed by atoms with Crippen LogP contribution >= 0.6 is 0 Å². The van der Waals surface area contributed by atoms with Gasteiger partial charge in [0.15, 0.2) is 5.76 Å². The fraction of sp³-hybridized carbons (Fsp3) is 0.333. The van der Waals surface area contributed by atoms with Crippen LogP contribution in [0.1, 0.15) is 46.1 Å². The number of furan rings is 1. The monoisotopic (exact) mass is 403 g/mol. The number of aromatic amines is 1. The molecule has 6 nitrogen and oxygen atoms in total. The van der Waals surface area contributed by atoms with Gasteiger partial charge in [-0.3, -0.25) is 9.36 Å². The number of aromatic nitrogens is 2. The van der Waals surface area contributed by atoms with E-state index in [1.54, 1.807) is 0 Å².